The smallest absolute Gasteiger partial charge is 0.341 e. The number of aryl methyl sites for hydroxylation is 1. The van der Waals surface area contributed by atoms with Gasteiger partial charge in [-0.15, -0.1) is 11.8 Å². The van der Waals surface area contributed by atoms with Crippen molar-refractivity contribution < 1.29 is 14.6 Å². The summed E-state index contributed by atoms with van der Waals surface area (Å²) < 4.78 is 4.77. The number of hydrogen-bond acceptors (Lipinski definition) is 6. The first kappa shape index (κ1) is 19.6. The van der Waals surface area contributed by atoms with Crippen molar-refractivity contribution in [1.82, 2.24) is 9.97 Å². The number of nitrogens with zero attached hydrogens (tertiary/aromatic N) is 2. The summed E-state index contributed by atoms with van der Waals surface area (Å²) >= 11 is 1.52. The number of aliphatic hydroxyl groups is 1. The van der Waals surface area contributed by atoms with Crippen LogP contribution in [0.5, 0.6) is 0 Å². The highest BCUT2D eigenvalue weighted by atomic mass is 32.2. The van der Waals surface area contributed by atoms with Crippen LogP contribution in [0.3, 0.4) is 0 Å². The Hall–Kier alpha value is -3.12. The molecule has 3 rings (SSSR count). The first-order valence-electron chi connectivity index (χ1n) is 8.66. The zero-order valence-electron chi connectivity index (χ0n) is 15.6. The second kappa shape index (κ2) is 9.19. The maximum atomic E-state index is 12.0. The highest BCUT2D eigenvalue weighted by Crippen LogP contribution is 2.33. The van der Waals surface area contributed by atoms with Gasteiger partial charge < -0.3 is 9.84 Å². The average Bonchev–Trinajstić information content (AvgIpc) is 2.74. The van der Waals surface area contributed by atoms with Gasteiger partial charge in [0.05, 0.1) is 19.1 Å². The molecule has 0 saturated carbocycles. The van der Waals surface area contributed by atoms with Crippen LogP contribution >= 0.6 is 11.8 Å². The molecule has 0 atom stereocenters. The fourth-order valence-electron chi connectivity index (χ4n) is 2.74. The van der Waals surface area contributed by atoms with E-state index in [2.05, 4.69) is 9.97 Å². The fourth-order valence-corrected chi connectivity index (χ4v) is 3.80. The van der Waals surface area contributed by atoms with Gasteiger partial charge in [-0.1, -0.05) is 48.5 Å². The minimum Gasteiger partial charge on any atom is -0.515 e. The number of carbonyl (C=O) groups is 1. The van der Waals surface area contributed by atoms with Crippen molar-refractivity contribution >= 4 is 23.3 Å². The first-order chi connectivity index (χ1) is 13.6. The summed E-state index contributed by atoms with van der Waals surface area (Å²) in [7, 11) is 1.29. The molecule has 1 aromatic heterocycles. The van der Waals surface area contributed by atoms with Gasteiger partial charge in [0.1, 0.15) is 11.4 Å². The van der Waals surface area contributed by atoms with E-state index >= 15 is 0 Å². The Balaban J connectivity index is 1.80. The number of thioether (sulfide) groups is 1. The second-order valence-electron chi connectivity index (χ2n) is 6.03. The van der Waals surface area contributed by atoms with Crippen molar-refractivity contribution in [2.24, 2.45) is 0 Å². The molecule has 6 heteroatoms. The van der Waals surface area contributed by atoms with Crippen LogP contribution in [-0.4, -0.2) is 28.2 Å². The van der Waals surface area contributed by atoms with Crippen LogP contribution in [0.4, 0.5) is 0 Å². The fraction of sp³-hybridized carbons (Fsp3) is 0.136. The minimum absolute atomic E-state index is 0.119. The Morgan fingerprint density at radius 3 is 2.43 bits per heavy atom. The van der Waals surface area contributed by atoms with Crippen molar-refractivity contribution in [3.8, 4) is 11.1 Å². The molecule has 28 heavy (non-hydrogen) atoms. The molecule has 0 saturated heterocycles. The predicted molar refractivity (Wildman–Crippen MR) is 111 cm³/mol. The summed E-state index contributed by atoms with van der Waals surface area (Å²) in [5.41, 5.74) is 3.77. The molecule has 0 radical (unpaired) electrons. The maximum absolute atomic E-state index is 12.0. The Kier molecular flexibility index (Phi) is 6.45. The van der Waals surface area contributed by atoms with Crippen molar-refractivity contribution in [1.29, 1.82) is 0 Å². The SMILES string of the molecule is COC(=O)C(=CO)c1cccc(C)c1SCc1ncc(-c2ccccc2)cn1. The molecule has 0 bridgehead atoms. The lowest BCUT2D eigenvalue weighted by atomic mass is 10.0. The van der Waals surface area contributed by atoms with Gasteiger partial charge in [-0.05, 0) is 18.1 Å². The van der Waals surface area contributed by atoms with Crippen molar-refractivity contribution in [2.45, 2.75) is 17.6 Å². The third-order valence-corrected chi connectivity index (χ3v) is 5.43. The number of aromatic nitrogens is 2. The van der Waals surface area contributed by atoms with E-state index in [4.69, 9.17) is 4.74 Å². The Bertz CT molecular complexity index is 986. The van der Waals surface area contributed by atoms with Crippen LogP contribution in [0.15, 0.2) is 72.1 Å². The zero-order chi connectivity index (χ0) is 19.9. The number of hydrogen-bond donors (Lipinski definition) is 1. The van der Waals surface area contributed by atoms with Gasteiger partial charge in [-0.25, -0.2) is 14.8 Å². The lowest BCUT2D eigenvalue weighted by Crippen LogP contribution is -2.06. The summed E-state index contributed by atoms with van der Waals surface area (Å²) in [5.74, 6) is 0.636. The van der Waals surface area contributed by atoms with E-state index in [0.717, 1.165) is 27.8 Å². The van der Waals surface area contributed by atoms with E-state index in [9.17, 15) is 9.90 Å². The Morgan fingerprint density at radius 1 is 1.07 bits per heavy atom. The summed E-state index contributed by atoms with van der Waals surface area (Å²) in [6.07, 6.45) is 4.41. The monoisotopic (exact) mass is 392 g/mol. The average molecular weight is 392 g/mol. The lowest BCUT2D eigenvalue weighted by molar-refractivity contribution is -0.133. The lowest BCUT2D eigenvalue weighted by Gasteiger charge is -2.13. The summed E-state index contributed by atoms with van der Waals surface area (Å²) in [5, 5.41) is 9.52. The molecule has 3 aromatic rings. The maximum Gasteiger partial charge on any atom is 0.341 e. The molecular formula is C22H20N2O3S. The van der Waals surface area contributed by atoms with E-state index < -0.39 is 5.97 Å². The van der Waals surface area contributed by atoms with Gasteiger partial charge in [0, 0.05) is 28.4 Å². The Labute approximate surface area is 168 Å². The number of benzene rings is 2. The highest BCUT2D eigenvalue weighted by molar-refractivity contribution is 7.98. The van der Waals surface area contributed by atoms with E-state index in [1.165, 1.54) is 18.9 Å². The van der Waals surface area contributed by atoms with Gasteiger partial charge in [0.2, 0.25) is 0 Å². The topological polar surface area (TPSA) is 72.3 Å². The van der Waals surface area contributed by atoms with E-state index in [-0.39, 0.29) is 5.57 Å². The van der Waals surface area contributed by atoms with Crippen LogP contribution in [0.2, 0.25) is 0 Å². The summed E-state index contributed by atoms with van der Waals surface area (Å²) in [4.78, 5) is 21.8. The molecule has 0 spiro atoms. The number of methoxy groups -OCH3 is 1. The van der Waals surface area contributed by atoms with E-state index in [1.807, 2.05) is 61.8 Å². The molecule has 142 valence electrons. The summed E-state index contributed by atoms with van der Waals surface area (Å²) in [6, 6.07) is 15.5. The molecule has 0 fully saturated rings. The van der Waals surface area contributed by atoms with E-state index in [0.29, 0.717) is 17.1 Å². The third kappa shape index (κ3) is 4.40. The normalized spacial score (nSPS) is 11.3. The van der Waals surface area contributed by atoms with Gasteiger partial charge in [0.25, 0.3) is 0 Å². The number of rotatable bonds is 6. The molecule has 0 amide bonds. The van der Waals surface area contributed by atoms with Crippen LogP contribution in [0, 0.1) is 6.92 Å². The van der Waals surface area contributed by atoms with Crippen molar-refractivity contribution in [2.75, 3.05) is 7.11 Å². The molecule has 5 nitrogen and oxygen atoms in total. The molecule has 0 aliphatic rings. The molecule has 0 aliphatic carbocycles. The molecule has 2 aromatic carbocycles. The zero-order valence-corrected chi connectivity index (χ0v) is 16.4. The van der Waals surface area contributed by atoms with Gasteiger partial charge in [-0.2, -0.15) is 0 Å². The second-order valence-corrected chi connectivity index (χ2v) is 7.01. The quantitative estimate of drug-likeness (QED) is 0.281. The Morgan fingerprint density at radius 2 is 1.79 bits per heavy atom. The van der Waals surface area contributed by atoms with Gasteiger partial charge >= 0.3 is 5.97 Å². The van der Waals surface area contributed by atoms with Crippen molar-refractivity contribution in [3.05, 3.63) is 84.1 Å². The van der Waals surface area contributed by atoms with Crippen LogP contribution in [-0.2, 0) is 15.3 Å². The molecule has 1 heterocycles. The number of esters is 1. The molecule has 0 aliphatic heterocycles. The first-order valence-corrected chi connectivity index (χ1v) is 9.64. The highest BCUT2D eigenvalue weighted by Gasteiger charge is 2.18. The predicted octanol–water partition coefficient (Wildman–Crippen LogP) is 4.82. The third-order valence-electron chi connectivity index (χ3n) is 4.19. The number of ether oxygens (including phenoxy) is 1. The van der Waals surface area contributed by atoms with Crippen LogP contribution in [0.25, 0.3) is 16.7 Å². The minimum atomic E-state index is -0.585. The van der Waals surface area contributed by atoms with Gasteiger partial charge in [0.15, 0.2) is 0 Å². The largest absolute Gasteiger partial charge is 0.515 e. The molecule has 1 N–H and O–H groups in total. The standard InChI is InChI=1S/C22H20N2O3S/c1-15-7-6-10-18(19(13-25)22(26)27-2)21(15)28-14-20-23-11-17(12-24-20)16-8-4-3-5-9-16/h3-13,25H,14H2,1-2H3. The summed E-state index contributed by atoms with van der Waals surface area (Å²) in [6.45, 7) is 1.96. The number of carbonyl (C=O) groups excluding carboxylic acids is 1. The van der Waals surface area contributed by atoms with Gasteiger partial charge in [-0.3, -0.25) is 0 Å². The van der Waals surface area contributed by atoms with E-state index in [1.54, 1.807) is 6.07 Å². The van der Waals surface area contributed by atoms with Crippen molar-refractivity contribution in [3.63, 3.8) is 0 Å². The molecule has 0 unspecified atom stereocenters. The van der Waals surface area contributed by atoms with Crippen LogP contribution in [0.1, 0.15) is 17.0 Å². The molecular weight excluding hydrogens is 372 g/mol. The number of aliphatic hydroxyl groups excluding tert-OH is 1. The van der Waals surface area contributed by atoms with Crippen LogP contribution < -0.4 is 0 Å².